The van der Waals surface area contributed by atoms with Crippen LogP contribution in [-0.2, 0) is 6.54 Å². The van der Waals surface area contributed by atoms with Crippen molar-refractivity contribution in [3.05, 3.63) is 46.7 Å². The Morgan fingerprint density at radius 2 is 2.33 bits per heavy atom. The zero-order valence-electron chi connectivity index (χ0n) is 9.51. The standard InChI is InChI=1S/C12H12BrN3O2/c13-11-8-9(2-3-10(11)12(17)18)14-5-7-16-6-1-4-15-16/h1-4,6,8,14H,5,7H2,(H,17,18). The van der Waals surface area contributed by atoms with Crippen molar-refractivity contribution in [1.29, 1.82) is 0 Å². The monoisotopic (exact) mass is 309 g/mol. The first-order valence-corrected chi connectivity index (χ1v) is 6.20. The summed E-state index contributed by atoms with van der Waals surface area (Å²) in [7, 11) is 0. The Kier molecular flexibility index (Phi) is 3.99. The fourth-order valence-corrected chi connectivity index (χ4v) is 2.09. The highest BCUT2D eigenvalue weighted by molar-refractivity contribution is 9.10. The van der Waals surface area contributed by atoms with E-state index in [2.05, 4.69) is 26.3 Å². The van der Waals surface area contributed by atoms with Crippen LogP contribution >= 0.6 is 15.9 Å². The summed E-state index contributed by atoms with van der Waals surface area (Å²) in [5.74, 6) is -0.940. The summed E-state index contributed by atoms with van der Waals surface area (Å²) < 4.78 is 2.40. The largest absolute Gasteiger partial charge is 0.478 e. The molecule has 6 heteroatoms. The smallest absolute Gasteiger partial charge is 0.336 e. The lowest BCUT2D eigenvalue weighted by atomic mass is 10.2. The molecule has 18 heavy (non-hydrogen) atoms. The zero-order valence-corrected chi connectivity index (χ0v) is 11.1. The van der Waals surface area contributed by atoms with E-state index in [1.807, 2.05) is 16.9 Å². The topological polar surface area (TPSA) is 67.2 Å². The number of nitrogens with zero attached hydrogens (tertiary/aromatic N) is 2. The maximum atomic E-state index is 10.8. The second kappa shape index (κ2) is 5.68. The number of anilines is 1. The van der Waals surface area contributed by atoms with Crippen molar-refractivity contribution in [3.63, 3.8) is 0 Å². The van der Waals surface area contributed by atoms with Gasteiger partial charge in [-0.05, 0) is 40.2 Å². The van der Waals surface area contributed by atoms with Crippen molar-refractivity contribution < 1.29 is 9.90 Å². The minimum atomic E-state index is -0.940. The number of rotatable bonds is 5. The van der Waals surface area contributed by atoms with E-state index >= 15 is 0 Å². The molecular formula is C12H12BrN3O2. The molecule has 0 bridgehead atoms. The molecule has 94 valence electrons. The third-order valence-electron chi connectivity index (χ3n) is 2.43. The van der Waals surface area contributed by atoms with Gasteiger partial charge < -0.3 is 10.4 Å². The van der Waals surface area contributed by atoms with E-state index in [1.54, 1.807) is 24.4 Å². The van der Waals surface area contributed by atoms with Crippen LogP contribution in [0.5, 0.6) is 0 Å². The number of hydrogen-bond donors (Lipinski definition) is 2. The predicted molar refractivity (Wildman–Crippen MR) is 71.8 cm³/mol. The first kappa shape index (κ1) is 12.6. The zero-order chi connectivity index (χ0) is 13.0. The molecule has 2 aromatic rings. The van der Waals surface area contributed by atoms with Gasteiger partial charge >= 0.3 is 5.97 Å². The van der Waals surface area contributed by atoms with Gasteiger partial charge in [-0.3, -0.25) is 4.68 Å². The molecule has 0 aliphatic rings. The Bertz CT molecular complexity index is 540. The van der Waals surface area contributed by atoms with Gasteiger partial charge in [-0.2, -0.15) is 5.10 Å². The molecule has 5 nitrogen and oxygen atoms in total. The number of nitrogens with one attached hydrogen (secondary N) is 1. The van der Waals surface area contributed by atoms with Crippen molar-refractivity contribution in [2.75, 3.05) is 11.9 Å². The van der Waals surface area contributed by atoms with Crippen LogP contribution in [0.15, 0.2) is 41.1 Å². The molecule has 1 heterocycles. The molecule has 0 atom stereocenters. The summed E-state index contributed by atoms with van der Waals surface area (Å²) in [4.78, 5) is 10.8. The van der Waals surface area contributed by atoms with Crippen LogP contribution in [-0.4, -0.2) is 27.4 Å². The van der Waals surface area contributed by atoms with Gasteiger partial charge in [0.1, 0.15) is 0 Å². The molecule has 2 N–H and O–H groups in total. The molecule has 0 saturated carbocycles. The number of carbonyl (C=O) groups is 1. The fraction of sp³-hybridized carbons (Fsp3) is 0.167. The highest BCUT2D eigenvalue weighted by Gasteiger charge is 2.07. The van der Waals surface area contributed by atoms with Gasteiger partial charge in [0.05, 0.1) is 12.1 Å². The first-order valence-electron chi connectivity index (χ1n) is 5.41. The highest BCUT2D eigenvalue weighted by atomic mass is 79.9. The molecule has 1 aromatic heterocycles. The van der Waals surface area contributed by atoms with Gasteiger partial charge in [0.25, 0.3) is 0 Å². The molecule has 0 fully saturated rings. The molecule has 0 amide bonds. The Morgan fingerprint density at radius 1 is 1.50 bits per heavy atom. The van der Waals surface area contributed by atoms with Crippen molar-refractivity contribution in [2.24, 2.45) is 0 Å². The first-order chi connectivity index (χ1) is 8.66. The molecule has 0 radical (unpaired) electrons. The van der Waals surface area contributed by atoms with Crippen LogP contribution in [0, 0.1) is 0 Å². The summed E-state index contributed by atoms with van der Waals surface area (Å²) in [6.45, 7) is 1.48. The van der Waals surface area contributed by atoms with Crippen LogP contribution in [0.1, 0.15) is 10.4 Å². The second-order valence-corrected chi connectivity index (χ2v) is 4.55. The van der Waals surface area contributed by atoms with E-state index in [0.717, 1.165) is 18.8 Å². The molecule has 0 saturated heterocycles. The van der Waals surface area contributed by atoms with E-state index < -0.39 is 5.97 Å². The van der Waals surface area contributed by atoms with Gasteiger partial charge in [-0.1, -0.05) is 0 Å². The number of halogens is 1. The Labute approximate surface area is 113 Å². The minimum absolute atomic E-state index is 0.257. The van der Waals surface area contributed by atoms with Crippen LogP contribution in [0.25, 0.3) is 0 Å². The van der Waals surface area contributed by atoms with Gasteiger partial charge in [-0.25, -0.2) is 4.79 Å². The van der Waals surface area contributed by atoms with E-state index in [-0.39, 0.29) is 5.56 Å². The maximum Gasteiger partial charge on any atom is 0.336 e. The lowest BCUT2D eigenvalue weighted by Crippen LogP contribution is -2.11. The predicted octanol–water partition coefficient (Wildman–Crippen LogP) is 2.46. The number of aromatic nitrogens is 2. The van der Waals surface area contributed by atoms with E-state index in [4.69, 9.17) is 5.11 Å². The Balaban J connectivity index is 1.94. The number of hydrogen-bond acceptors (Lipinski definition) is 3. The third-order valence-corrected chi connectivity index (χ3v) is 3.08. The van der Waals surface area contributed by atoms with Crippen molar-refractivity contribution in [2.45, 2.75) is 6.54 Å². The van der Waals surface area contributed by atoms with E-state index in [1.165, 1.54) is 0 Å². The van der Waals surface area contributed by atoms with Crippen LogP contribution < -0.4 is 5.32 Å². The summed E-state index contributed by atoms with van der Waals surface area (Å²) in [5, 5.41) is 16.2. The number of benzene rings is 1. The summed E-state index contributed by atoms with van der Waals surface area (Å²) in [6.07, 6.45) is 3.63. The Morgan fingerprint density at radius 3 is 2.94 bits per heavy atom. The molecule has 1 aromatic carbocycles. The summed E-state index contributed by atoms with van der Waals surface area (Å²) in [5.41, 5.74) is 1.13. The van der Waals surface area contributed by atoms with Crippen LogP contribution in [0.2, 0.25) is 0 Å². The summed E-state index contributed by atoms with van der Waals surface area (Å²) >= 11 is 3.24. The molecule has 0 aliphatic carbocycles. The SMILES string of the molecule is O=C(O)c1ccc(NCCn2cccn2)cc1Br. The van der Waals surface area contributed by atoms with Crippen molar-refractivity contribution in [3.8, 4) is 0 Å². The molecule has 0 spiro atoms. The van der Waals surface area contributed by atoms with E-state index in [0.29, 0.717) is 4.47 Å². The molecule has 0 unspecified atom stereocenters. The third kappa shape index (κ3) is 3.10. The molecular weight excluding hydrogens is 298 g/mol. The van der Waals surface area contributed by atoms with Gasteiger partial charge in [-0.15, -0.1) is 0 Å². The number of carboxylic acids is 1. The van der Waals surface area contributed by atoms with Crippen LogP contribution in [0.4, 0.5) is 5.69 Å². The van der Waals surface area contributed by atoms with E-state index in [9.17, 15) is 4.79 Å². The number of aromatic carboxylic acids is 1. The van der Waals surface area contributed by atoms with Crippen LogP contribution in [0.3, 0.4) is 0 Å². The molecule has 0 aliphatic heterocycles. The normalized spacial score (nSPS) is 10.3. The van der Waals surface area contributed by atoms with Gasteiger partial charge in [0.15, 0.2) is 0 Å². The molecule has 2 rings (SSSR count). The number of carboxylic acid groups (broad SMARTS) is 1. The van der Waals surface area contributed by atoms with Gasteiger partial charge in [0.2, 0.25) is 0 Å². The average Bonchev–Trinajstić information content (AvgIpc) is 2.81. The average molecular weight is 310 g/mol. The minimum Gasteiger partial charge on any atom is -0.478 e. The lowest BCUT2D eigenvalue weighted by molar-refractivity contribution is 0.0696. The maximum absolute atomic E-state index is 10.8. The van der Waals surface area contributed by atoms with Crippen molar-refractivity contribution >= 4 is 27.6 Å². The summed E-state index contributed by atoms with van der Waals surface area (Å²) in [6, 6.07) is 6.95. The van der Waals surface area contributed by atoms with Crippen molar-refractivity contribution in [1.82, 2.24) is 9.78 Å². The van der Waals surface area contributed by atoms with Gasteiger partial charge in [0, 0.05) is 29.1 Å². The lowest BCUT2D eigenvalue weighted by Gasteiger charge is -2.08. The quantitative estimate of drug-likeness (QED) is 0.890. The second-order valence-electron chi connectivity index (χ2n) is 3.70. The fourth-order valence-electron chi connectivity index (χ4n) is 1.55. The highest BCUT2D eigenvalue weighted by Crippen LogP contribution is 2.21. The Hall–Kier alpha value is -1.82.